The van der Waals surface area contributed by atoms with E-state index in [0.717, 1.165) is 21.1 Å². The number of nitrogens with zero attached hydrogens (tertiary/aromatic N) is 1. The SMILES string of the molecule is CC(C)COc1ccc2nc(NCCCC(=O)O)sc2c1. The Morgan fingerprint density at radius 1 is 1.48 bits per heavy atom. The molecule has 0 aliphatic heterocycles. The molecule has 0 amide bonds. The van der Waals surface area contributed by atoms with Crippen molar-refractivity contribution in [3.63, 3.8) is 0 Å². The van der Waals surface area contributed by atoms with Gasteiger partial charge in [0.2, 0.25) is 0 Å². The lowest BCUT2D eigenvalue weighted by molar-refractivity contribution is -0.137. The molecule has 2 aromatic rings. The van der Waals surface area contributed by atoms with E-state index in [4.69, 9.17) is 9.84 Å². The number of anilines is 1. The normalized spacial score (nSPS) is 11.0. The minimum absolute atomic E-state index is 0.172. The van der Waals surface area contributed by atoms with Crippen molar-refractivity contribution in [2.24, 2.45) is 5.92 Å². The van der Waals surface area contributed by atoms with Gasteiger partial charge in [0.1, 0.15) is 5.75 Å². The average Bonchev–Trinajstić information content (AvgIpc) is 2.83. The molecule has 0 aliphatic rings. The Bertz CT molecular complexity index is 610. The van der Waals surface area contributed by atoms with Gasteiger partial charge in [0, 0.05) is 13.0 Å². The van der Waals surface area contributed by atoms with E-state index < -0.39 is 5.97 Å². The fourth-order valence-corrected chi connectivity index (χ4v) is 2.69. The van der Waals surface area contributed by atoms with E-state index in [0.29, 0.717) is 25.5 Å². The molecule has 114 valence electrons. The fourth-order valence-electron chi connectivity index (χ4n) is 1.77. The van der Waals surface area contributed by atoms with Crippen molar-refractivity contribution in [1.82, 2.24) is 4.98 Å². The average molecular weight is 308 g/mol. The van der Waals surface area contributed by atoms with Gasteiger partial charge in [-0.05, 0) is 30.5 Å². The Morgan fingerprint density at radius 2 is 2.29 bits per heavy atom. The summed E-state index contributed by atoms with van der Waals surface area (Å²) in [4.78, 5) is 14.9. The van der Waals surface area contributed by atoms with Crippen LogP contribution in [-0.2, 0) is 4.79 Å². The number of aliphatic carboxylic acids is 1. The number of fused-ring (bicyclic) bond motifs is 1. The highest BCUT2D eigenvalue weighted by Gasteiger charge is 2.06. The zero-order valence-electron chi connectivity index (χ0n) is 12.3. The van der Waals surface area contributed by atoms with E-state index in [2.05, 4.69) is 24.1 Å². The molecule has 0 saturated carbocycles. The Labute approximate surface area is 128 Å². The molecular formula is C15H20N2O3S. The maximum atomic E-state index is 10.4. The molecule has 0 saturated heterocycles. The summed E-state index contributed by atoms with van der Waals surface area (Å²) in [6, 6.07) is 5.88. The van der Waals surface area contributed by atoms with Crippen LogP contribution >= 0.6 is 11.3 Å². The molecule has 1 heterocycles. The first-order chi connectivity index (χ1) is 10.0. The molecule has 0 spiro atoms. The third-order valence-corrected chi connectivity index (χ3v) is 3.76. The summed E-state index contributed by atoms with van der Waals surface area (Å²) in [5.41, 5.74) is 0.928. The first-order valence-corrected chi connectivity index (χ1v) is 7.85. The van der Waals surface area contributed by atoms with Crippen molar-refractivity contribution in [2.75, 3.05) is 18.5 Å². The van der Waals surface area contributed by atoms with Crippen LogP contribution in [0.1, 0.15) is 26.7 Å². The van der Waals surface area contributed by atoms with E-state index in [1.165, 1.54) is 0 Å². The van der Waals surface area contributed by atoms with Gasteiger partial charge in [-0.25, -0.2) is 4.98 Å². The second-order valence-corrected chi connectivity index (χ2v) is 6.31. The number of carboxylic acid groups (broad SMARTS) is 1. The summed E-state index contributed by atoms with van der Waals surface area (Å²) < 4.78 is 6.77. The van der Waals surface area contributed by atoms with Gasteiger partial charge < -0.3 is 15.2 Å². The predicted octanol–water partition coefficient (Wildman–Crippen LogP) is 3.61. The summed E-state index contributed by atoms with van der Waals surface area (Å²) in [5.74, 6) is 0.582. The number of nitrogens with one attached hydrogen (secondary N) is 1. The van der Waals surface area contributed by atoms with Crippen LogP contribution in [0.4, 0.5) is 5.13 Å². The summed E-state index contributed by atoms with van der Waals surface area (Å²) >= 11 is 1.55. The molecule has 0 aliphatic carbocycles. The number of thiazole rings is 1. The van der Waals surface area contributed by atoms with E-state index in [1.807, 2.05) is 18.2 Å². The lowest BCUT2D eigenvalue weighted by Crippen LogP contribution is -2.04. The second kappa shape index (κ2) is 7.26. The highest BCUT2D eigenvalue weighted by Crippen LogP contribution is 2.29. The van der Waals surface area contributed by atoms with Gasteiger partial charge in [-0.15, -0.1) is 0 Å². The smallest absolute Gasteiger partial charge is 0.303 e. The molecule has 0 radical (unpaired) electrons. The highest BCUT2D eigenvalue weighted by molar-refractivity contribution is 7.22. The number of carboxylic acids is 1. The molecule has 1 aromatic carbocycles. The summed E-state index contributed by atoms with van der Waals surface area (Å²) in [6.45, 7) is 5.54. The maximum absolute atomic E-state index is 10.4. The van der Waals surface area contributed by atoms with Crippen LogP contribution in [-0.4, -0.2) is 29.2 Å². The molecule has 1 aromatic heterocycles. The number of ether oxygens (including phenoxy) is 1. The fraction of sp³-hybridized carbons (Fsp3) is 0.467. The molecule has 0 fully saturated rings. The van der Waals surface area contributed by atoms with Gasteiger partial charge in [0.15, 0.2) is 5.13 Å². The summed E-state index contributed by atoms with van der Waals surface area (Å²) in [6.07, 6.45) is 0.763. The number of benzene rings is 1. The van der Waals surface area contributed by atoms with Crippen molar-refractivity contribution in [1.29, 1.82) is 0 Å². The molecule has 2 N–H and O–H groups in total. The Balaban J connectivity index is 1.95. The third kappa shape index (κ3) is 4.90. The molecule has 5 nitrogen and oxygen atoms in total. The number of carbonyl (C=O) groups is 1. The van der Waals surface area contributed by atoms with Gasteiger partial charge >= 0.3 is 5.97 Å². The summed E-state index contributed by atoms with van der Waals surface area (Å²) in [5, 5.41) is 12.6. The highest BCUT2D eigenvalue weighted by atomic mass is 32.1. The molecule has 21 heavy (non-hydrogen) atoms. The van der Waals surface area contributed by atoms with Crippen molar-refractivity contribution in [3.8, 4) is 5.75 Å². The molecular weight excluding hydrogens is 288 g/mol. The van der Waals surface area contributed by atoms with Gasteiger partial charge in [0.25, 0.3) is 0 Å². The van der Waals surface area contributed by atoms with Crippen LogP contribution in [0.25, 0.3) is 10.2 Å². The Morgan fingerprint density at radius 3 is 3.00 bits per heavy atom. The number of hydrogen-bond donors (Lipinski definition) is 2. The first-order valence-electron chi connectivity index (χ1n) is 7.03. The van der Waals surface area contributed by atoms with Gasteiger partial charge in [0.05, 0.1) is 16.8 Å². The molecule has 0 bridgehead atoms. The van der Waals surface area contributed by atoms with Crippen LogP contribution in [0.3, 0.4) is 0 Å². The van der Waals surface area contributed by atoms with Crippen molar-refractivity contribution in [2.45, 2.75) is 26.7 Å². The summed E-state index contributed by atoms with van der Waals surface area (Å²) in [7, 11) is 0. The van der Waals surface area contributed by atoms with Gasteiger partial charge in [-0.1, -0.05) is 25.2 Å². The van der Waals surface area contributed by atoms with Crippen LogP contribution < -0.4 is 10.1 Å². The van der Waals surface area contributed by atoms with Crippen molar-refractivity contribution >= 4 is 32.7 Å². The first kappa shape index (κ1) is 15.6. The monoisotopic (exact) mass is 308 g/mol. The predicted molar refractivity (Wildman–Crippen MR) is 85.3 cm³/mol. The van der Waals surface area contributed by atoms with E-state index in [1.54, 1.807) is 11.3 Å². The molecule has 0 unspecified atom stereocenters. The third-order valence-electron chi connectivity index (χ3n) is 2.79. The van der Waals surface area contributed by atoms with Crippen molar-refractivity contribution < 1.29 is 14.6 Å². The van der Waals surface area contributed by atoms with E-state index in [-0.39, 0.29) is 6.42 Å². The zero-order valence-corrected chi connectivity index (χ0v) is 13.1. The maximum Gasteiger partial charge on any atom is 0.303 e. The lowest BCUT2D eigenvalue weighted by Gasteiger charge is -2.07. The zero-order chi connectivity index (χ0) is 15.2. The molecule has 6 heteroatoms. The lowest BCUT2D eigenvalue weighted by atomic mass is 10.2. The van der Waals surface area contributed by atoms with Crippen LogP contribution in [0, 0.1) is 5.92 Å². The largest absolute Gasteiger partial charge is 0.493 e. The molecule has 0 atom stereocenters. The van der Waals surface area contributed by atoms with E-state index in [9.17, 15) is 4.79 Å². The van der Waals surface area contributed by atoms with Crippen molar-refractivity contribution in [3.05, 3.63) is 18.2 Å². The number of hydrogen-bond acceptors (Lipinski definition) is 5. The van der Waals surface area contributed by atoms with Gasteiger partial charge in [-0.2, -0.15) is 0 Å². The minimum Gasteiger partial charge on any atom is -0.493 e. The van der Waals surface area contributed by atoms with E-state index >= 15 is 0 Å². The number of rotatable bonds is 8. The standard InChI is InChI=1S/C15H20N2O3S/c1-10(2)9-20-11-5-6-12-13(8-11)21-15(17-12)16-7-3-4-14(18)19/h5-6,8,10H,3-4,7,9H2,1-2H3,(H,16,17)(H,18,19). The van der Waals surface area contributed by atoms with Crippen LogP contribution in [0.15, 0.2) is 18.2 Å². The minimum atomic E-state index is -0.770. The number of aromatic nitrogens is 1. The quantitative estimate of drug-likeness (QED) is 0.729. The van der Waals surface area contributed by atoms with Crippen LogP contribution in [0.5, 0.6) is 5.75 Å². The Kier molecular flexibility index (Phi) is 5.38. The van der Waals surface area contributed by atoms with Gasteiger partial charge in [-0.3, -0.25) is 4.79 Å². The van der Waals surface area contributed by atoms with Crippen LogP contribution in [0.2, 0.25) is 0 Å². The topological polar surface area (TPSA) is 71.5 Å². The molecule has 2 rings (SSSR count). The second-order valence-electron chi connectivity index (χ2n) is 5.28. The Hall–Kier alpha value is -1.82.